The highest BCUT2D eigenvalue weighted by Crippen LogP contribution is 2.19. The second kappa shape index (κ2) is 4.56. The van der Waals surface area contributed by atoms with E-state index in [2.05, 4.69) is 15.3 Å². The Morgan fingerprint density at radius 2 is 2.18 bits per heavy atom. The summed E-state index contributed by atoms with van der Waals surface area (Å²) in [7, 11) is 0. The van der Waals surface area contributed by atoms with Gasteiger partial charge in [-0.1, -0.05) is 0 Å². The van der Waals surface area contributed by atoms with Crippen LogP contribution in [0.1, 0.15) is 10.5 Å². The first-order valence-corrected chi connectivity index (χ1v) is 4.79. The molecule has 0 aliphatic rings. The molecule has 6 heteroatoms. The van der Waals surface area contributed by atoms with Crippen LogP contribution in [0.15, 0.2) is 36.8 Å². The van der Waals surface area contributed by atoms with Gasteiger partial charge in [0.05, 0.1) is 17.6 Å². The SMILES string of the molecule is Nc1ccc(F)cc1NC(=O)c1cnccn1. The van der Waals surface area contributed by atoms with Crippen LogP contribution in [0.5, 0.6) is 0 Å². The summed E-state index contributed by atoms with van der Waals surface area (Å²) in [4.78, 5) is 19.3. The minimum atomic E-state index is -0.490. The lowest BCUT2D eigenvalue weighted by Crippen LogP contribution is -2.15. The van der Waals surface area contributed by atoms with Gasteiger partial charge in [0.1, 0.15) is 11.5 Å². The molecule has 0 saturated heterocycles. The maximum atomic E-state index is 13.0. The fourth-order valence-corrected chi connectivity index (χ4v) is 1.24. The monoisotopic (exact) mass is 232 g/mol. The van der Waals surface area contributed by atoms with Crippen molar-refractivity contribution in [3.8, 4) is 0 Å². The van der Waals surface area contributed by atoms with E-state index in [1.165, 1.54) is 30.7 Å². The van der Waals surface area contributed by atoms with Crippen molar-refractivity contribution in [3.63, 3.8) is 0 Å². The van der Waals surface area contributed by atoms with Crippen LogP contribution in [-0.2, 0) is 0 Å². The predicted octanol–water partition coefficient (Wildman–Crippen LogP) is 1.45. The number of nitrogens with one attached hydrogen (secondary N) is 1. The first kappa shape index (κ1) is 11.0. The van der Waals surface area contributed by atoms with Crippen molar-refractivity contribution in [2.75, 3.05) is 11.1 Å². The molecule has 1 aromatic carbocycles. The maximum absolute atomic E-state index is 13.0. The fraction of sp³-hybridized carbons (Fsp3) is 0. The average Bonchev–Trinajstić information content (AvgIpc) is 2.35. The van der Waals surface area contributed by atoms with E-state index >= 15 is 0 Å². The third-order valence-corrected chi connectivity index (χ3v) is 2.06. The Morgan fingerprint density at radius 1 is 1.35 bits per heavy atom. The number of rotatable bonds is 2. The molecule has 2 aromatic rings. The average molecular weight is 232 g/mol. The first-order chi connectivity index (χ1) is 8.16. The molecule has 5 nitrogen and oxygen atoms in total. The molecule has 0 aliphatic heterocycles. The number of nitrogen functional groups attached to an aromatic ring is 1. The highest BCUT2D eigenvalue weighted by Gasteiger charge is 2.09. The van der Waals surface area contributed by atoms with Crippen molar-refractivity contribution in [1.29, 1.82) is 0 Å². The van der Waals surface area contributed by atoms with Gasteiger partial charge < -0.3 is 11.1 Å². The summed E-state index contributed by atoms with van der Waals surface area (Å²) < 4.78 is 13.0. The maximum Gasteiger partial charge on any atom is 0.275 e. The second-order valence-electron chi connectivity index (χ2n) is 3.28. The lowest BCUT2D eigenvalue weighted by Gasteiger charge is -2.07. The van der Waals surface area contributed by atoms with Crippen LogP contribution in [0.2, 0.25) is 0 Å². The number of carbonyl (C=O) groups is 1. The number of halogens is 1. The lowest BCUT2D eigenvalue weighted by atomic mass is 10.2. The highest BCUT2D eigenvalue weighted by atomic mass is 19.1. The van der Waals surface area contributed by atoms with Gasteiger partial charge in [-0.2, -0.15) is 0 Å². The number of amides is 1. The summed E-state index contributed by atoms with van der Waals surface area (Å²) in [6.07, 6.45) is 4.15. The molecule has 1 aromatic heterocycles. The van der Waals surface area contributed by atoms with Gasteiger partial charge in [-0.15, -0.1) is 0 Å². The Bertz CT molecular complexity index is 544. The van der Waals surface area contributed by atoms with Crippen LogP contribution in [0.3, 0.4) is 0 Å². The fourth-order valence-electron chi connectivity index (χ4n) is 1.24. The highest BCUT2D eigenvalue weighted by molar-refractivity contribution is 6.04. The molecule has 0 saturated carbocycles. The molecule has 1 heterocycles. The minimum Gasteiger partial charge on any atom is -0.397 e. The molecule has 17 heavy (non-hydrogen) atoms. The van der Waals surface area contributed by atoms with E-state index in [-0.39, 0.29) is 17.1 Å². The summed E-state index contributed by atoms with van der Waals surface area (Å²) in [5.74, 6) is -0.968. The van der Waals surface area contributed by atoms with Crippen LogP contribution < -0.4 is 11.1 Å². The van der Waals surface area contributed by atoms with E-state index in [9.17, 15) is 9.18 Å². The first-order valence-electron chi connectivity index (χ1n) is 4.79. The Balaban J connectivity index is 2.22. The summed E-state index contributed by atoms with van der Waals surface area (Å²) in [6, 6.07) is 3.73. The molecule has 86 valence electrons. The topological polar surface area (TPSA) is 80.9 Å². The predicted molar refractivity (Wildman–Crippen MR) is 60.8 cm³/mol. The zero-order valence-corrected chi connectivity index (χ0v) is 8.72. The normalized spacial score (nSPS) is 9.94. The second-order valence-corrected chi connectivity index (χ2v) is 3.28. The van der Waals surface area contributed by atoms with Gasteiger partial charge in [0, 0.05) is 12.4 Å². The molecule has 2 rings (SSSR count). The van der Waals surface area contributed by atoms with Crippen LogP contribution in [0.4, 0.5) is 15.8 Å². The molecule has 3 N–H and O–H groups in total. The quantitative estimate of drug-likeness (QED) is 0.768. The number of anilines is 2. The number of carbonyl (C=O) groups excluding carboxylic acids is 1. The molecule has 0 spiro atoms. The smallest absolute Gasteiger partial charge is 0.275 e. The minimum absolute atomic E-state index is 0.135. The van der Waals surface area contributed by atoms with Crippen LogP contribution in [0, 0.1) is 5.82 Å². The van der Waals surface area contributed by atoms with Crippen LogP contribution in [0.25, 0.3) is 0 Å². The van der Waals surface area contributed by atoms with Gasteiger partial charge in [0.15, 0.2) is 0 Å². The number of hydrogen-bond donors (Lipinski definition) is 2. The van der Waals surface area contributed by atoms with Gasteiger partial charge >= 0.3 is 0 Å². The summed E-state index contributed by atoms with van der Waals surface area (Å²) in [5, 5.41) is 2.46. The Morgan fingerprint density at radius 3 is 2.88 bits per heavy atom. The molecule has 0 unspecified atom stereocenters. The standard InChI is InChI=1S/C11H9FN4O/c12-7-1-2-8(13)9(5-7)16-11(17)10-6-14-3-4-15-10/h1-6H,13H2,(H,16,17). The lowest BCUT2D eigenvalue weighted by molar-refractivity contribution is 0.102. The van der Waals surface area contributed by atoms with Gasteiger partial charge in [-0.05, 0) is 18.2 Å². The molecular formula is C11H9FN4O. The summed E-state index contributed by atoms with van der Waals surface area (Å²) in [6.45, 7) is 0. The molecule has 0 bridgehead atoms. The van der Waals surface area contributed by atoms with Crippen molar-refractivity contribution in [3.05, 3.63) is 48.3 Å². The van der Waals surface area contributed by atoms with Crippen LogP contribution in [-0.4, -0.2) is 15.9 Å². The van der Waals surface area contributed by atoms with Gasteiger partial charge in [-0.25, -0.2) is 9.37 Å². The van der Waals surface area contributed by atoms with Gasteiger partial charge in [0.25, 0.3) is 5.91 Å². The van der Waals surface area contributed by atoms with E-state index in [0.29, 0.717) is 0 Å². The number of nitrogens with zero attached hydrogens (tertiary/aromatic N) is 2. The van der Waals surface area contributed by atoms with Crippen molar-refractivity contribution in [1.82, 2.24) is 9.97 Å². The van der Waals surface area contributed by atoms with Crippen molar-refractivity contribution in [2.24, 2.45) is 0 Å². The van der Waals surface area contributed by atoms with Crippen molar-refractivity contribution >= 4 is 17.3 Å². The van der Waals surface area contributed by atoms with E-state index in [1.807, 2.05) is 0 Å². The zero-order chi connectivity index (χ0) is 12.3. The van der Waals surface area contributed by atoms with E-state index in [0.717, 1.165) is 6.07 Å². The number of nitrogens with two attached hydrogens (primary N) is 1. The molecule has 0 radical (unpaired) electrons. The molecule has 0 fully saturated rings. The Hall–Kier alpha value is -2.50. The van der Waals surface area contributed by atoms with Crippen molar-refractivity contribution in [2.45, 2.75) is 0 Å². The van der Waals surface area contributed by atoms with E-state index < -0.39 is 11.7 Å². The van der Waals surface area contributed by atoms with Gasteiger partial charge in [0.2, 0.25) is 0 Å². The Kier molecular flexibility index (Phi) is 2.95. The molecule has 0 atom stereocenters. The Labute approximate surface area is 96.5 Å². The van der Waals surface area contributed by atoms with E-state index in [1.54, 1.807) is 0 Å². The van der Waals surface area contributed by atoms with Crippen molar-refractivity contribution < 1.29 is 9.18 Å². The largest absolute Gasteiger partial charge is 0.397 e. The molecule has 0 aliphatic carbocycles. The van der Waals surface area contributed by atoms with Crippen LogP contribution >= 0.6 is 0 Å². The number of hydrogen-bond acceptors (Lipinski definition) is 4. The summed E-state index contributed by atoms with van der Waals surface area (Å²) in [5.41, 5.74) is 6.22. The summed E-state index contributed by atoms with van der Waals surface area (Å²) >= 11 is 0. The third-order valence-electron chi connectivity index (χ3n) is 2.06. The zero-order valence-electron chi connectivity index (χ0n) is 8.72. The third kappa shape index (κ3) is 2.54. The number of benzene rings is 1. The molecule has 1 amide bonds. The van der Waals surface area contributed by atoms with Gasteiger partial charge in [-0.3, -0.25) is 9.78 Å². The number of aromatic nitrogens is 2. The van der Waals surface area contributed by atoms with E-state index in [4.69, 9.17) is 5.73 Å². The molecular weight excluding hydrogens is 223 g/mol.